The third kappa shape index (κ3) is 6.30. The van der Waals surface area contributed by atoms with E-state index in [2.05, 4.69) is 13.8 Å². The molecule has 0 aromatic heterocycles. The third-order valence-corrected chi connectivity index (χ3v) is 3.76. The lowest BCUT2D eigenvalue weighted by molar-refractivity contribution is 0.100. The summed E-state index contributed by atoms with van der Waals surface area (Å²) in [6, 6.07) is 13.2. The van der Waals surface area contributed by atoms with Gasteiger partial charge in [0.1, 0.15) is 0 Å². The van der Waals surface area contributed by atoms with Crippen LogP contribution >= 0.6 is 0 Å². The van der Waals surface area contributed by atoms with E-state index < -0.39 is 0 Å². The molecule has 0 heterocycles. The minimum absolute atomic E-state index is 0.378. The topological polar surface area (TPSA) is 43.1 Å². The molecule has 22 heavy (non-hydrogen) atoms. The van der Waals surface area contributed by atoms with Crippen molar-refractivity contribution in [3.63, 3.8) is 0 Å². The molecule has 1 amide bonds. The van der Waals surface area contributed by atoms with Gasteiger partial charge in [0.15, 0.2) is 0 Å². The molecule has 0 aliphatic rings. The van der Waals surface area contributed by atoms with Crippen molar-refractivity contribution in [1.29, 1.82) is 0 Å². The van der Waals surface area contributed by atoms with E-state index in [4.69, 9.17) is 5.73 Å². The van der Waals surface area contributed by atoms with Crippen LogP contribution < -0.4 is 5.73 Å². The van der Waals surface area contributed by atoms with Gasteiger partial charge in [0.2, 0.25) is 5.91 Å². The van der Waals surface area contributed by atoms with Gasteiger partial charge < -0.3 is 5.73 Å². The van der Waals surface area contributed by atoms with Gasteiger partial charge in [0, 0.05) is 5.56 Å². The van der Waals surface area contributed by atoms with E-state index in [1.165, 1.54) is 44.9 Å². The van der Waals surface area contributed by atoms with Crippen LogP contribution in [0.5, 0.6) is 0 Å². The first-order valence-corrected chi connectivity index (χ1v) is 8.48. The minimum Gasteiger partial charge on any atom is -0.366 e. The fourth-order valence-electron chi connectivity index (χ4n) is 2.47. The zero-order chi connectivity index (χ0) is 16.2. The van der Waals surface area contributed by atoms with Crippen LogP contribution in [0.1, 0.15) is 69.2 Å². The Balaban J connectivity index is 0.000000239. The Labute approximate surface area is 134 Å². The zero-order valence-electron chi connectivity index (χ0n) is 14.0. The Kier molecular flexibility index (Phi) is 8.97. The molecule has 0 unspecified atom stereocenters. The molecule has 0 saturated heterocycles. The number of hydrogen-bond donors (Lipinski definition) is 1. The van der Waals surface area contributed by atoms with Gasteiger partial charge in [0.25, 0.3) is 0 Å². The standard InChI is InChI=1S/C11H9NO.C9H20/c12-11(13)10-7-3-5-8-4-1-2-6-9(8)10;1-3-5-7-9-8-6-4-2/h1-7H,(H2,12,13);3-9H2,1-2H3. The number of carbonyl (C=O) groups is 1. The predicted octanol–water partition coefficient (Wildman–Crippen LogP) is 5.70. The van der Waals surface area contributed by atoms with Crippen molar-refractivity contribution in [2.24, 2.45) is 5.73 Å². The molecule has 0 aliphatic heterocycles. The molecule has 2 heteroatoms. The summed E-state index contributed by atoms with van der Waals surface area (Å²) in [6.07, 6.45) is 9.97. The highest BCUT2D eigenvalue weighted by Gasteiger charge is 2.03. The number of amides is 1. The lowest BCUT2D eigenvalue weighted by Crippen LogP contribution is -2.11. The highest BCUT2D eigenvalue weighted by atomic mass is 16.1. The first-order chi connectivity index (χ1) is 10.7. The molecule has 2 rings (SSSR count). The Morgan fingerprint density at radius 2 is 1.36 bits per heavy atom. The van der Waals surface area contributed by atoms with Crippen LogP contribution in [-0.2, 0) is 0 Å². The lowest BCUT2D eigenvalue weighted by atomic mass is 10.0. The summed E-state index contributed by atoms with van der Waals surface area (Å²) in [4.78, 5) is 11.0. The van der Waals surface area contributed by atoms with Crippen LogP contribution in [0.25, 0.3) is 10.8 Å². The van der Waals surface area contributed by atoms with Crippen molar-refractivity contribution in [2.75, 3.05) is 0 Å². The number of benzene rings is 2. The van der Waals surface area contributed by atoms with Crippen LogP contribution in [0.3, 0.4) is 0 Å². The molecule has 2 N–H and O–H groups in total. The smallest absolute Gasteiger partial charge is 0.249 e. The van der Waals surface area contributed by atoms with Crippen LogP contribution in [0.2, 0.25) is 0 Å². The van der Waals surface area contributed by atoms with Crippen molar-refractivity contribution < 1.29 is 4.79 Å². The molecule has 0 spiro atoms. The van der Waals surface area contributed by atoms with Gasteiger partial charge >= 0.3 is 0 Å². The van der Waals surface area contributed by atoms with Crippen molar-refractivity contribution in [1.82, 2.24) is 0 Å². The molecule has 0 aliphatic carbocycles. The molecule has 0 radical (unpaired) electrons. The Morgan fingerprint density at radius 3 is 1.95 bits per heavy atom. The quantitative estimate of drug-likeness (QED) is 0.655. The maximum atomic E-state index is 11.0. The van der Waals surface area contributed by atoms with Gasteiger partial charge in [-0.2, -0.15) is 0 Å². The molecule has 2 aromatic carbocycles. The summed E-state index contributed by atoms with van der Waals surface area (Å²) in [7, 11) is 0. The maximum absolute atomic E-state index is 11.0. The van der Waals surface area contributed by atoms with Gasteiger partial charge in [-0.05, 0) is 16.8 Å². The Hall–Kier alpha value is -1.83. The number of nitrogens with two attached hydrogens (primary N) is 1. The molecule has 2 nitrogen and oxygen atoms in total. The van der Waals surface area contributed by atoms with Crippen molar-refractivity contribution in [3.8, 4) is 0 Å². The first kappa shape index (κ1) is 18.2. The van der Waals surface area contributed by atoms with Crippen LogP contribution in [0.4, 0.5) is 0 Å². The zero-order valence-corrected chi connectivity index (χ0v) is 14.0. The van der Waals surface area contributed by atoms with Gasteiger partial charge in [-0.15, -0.1) is 0 Å². The molecule has 0 fully saturated rings. The predicted molar refractivity (Wildman–Crippen MR) is 96.1 cm³/mol. The molecular formula is C20H29NO. The largest absolute Gasteiger partial charge is 0.366 e. The summed E-state index contributed by atoms with van der Waals surface area (Å²) >= 11 is 0. The van der Waals surface area contributed by atoms with E-state index in [0.717, 1.165) is 10.8 Å². The second-order valence-electron chi connectivity index (χ2n) is 5.66. The van der Waals surface area contributed by atoms with E-state index in [-0.39, 0.29) is 5.91 Å². The average Bonchev–Trinajstić information content (AvgIpc) is 2.55. The molecule has 0 bridgehead atoms. The fourth-order valence-corrected chi connectivity index (χ4v) is 2.47. The Morgan fingerprint density at radius 1 is 0.818 bits per heavy atom. The number of carbonyl (C=O) groups excluding carboxylic acids is 1. The van der Waals surface area contributed by atoms with E-state index in [0.29, 0.717) is 5.56 Å². The van der Waals surface area contributed by atoms with Crippen LogP contribution in [0.15, 0.2) is 42.5 Å². The monoisotopic (exact) mass is 299 g/mol. The summed E-state index contributed by atoms with van der Waals surface area (Å²) in [6.45, 7) is 4.53. The number of primary amides is 1. The average molecular weight is 299 g/mol. The molecule has 120 valence electrons. The second kappa shape index (κ2) is 10.8. The molecule has 0 atom stereocenters. The van der Waals surface area contributed by atoms with E-state index in [1.54, 1.807) is 6.07 Å². The van der Waals surface area contributed by atoms with E-state index in [1.807, 2.05) is 36.4 Å². The number of fused-ring (bicyclic) bond motifs is 1. The second-order valence-corrected chi connectivity index (χ2v) is 5.66. The normalized spacial score (nSPS) is 10.1. The van der Waals surface area contributed by atoms with Gasteiger partial charge in [0.05, 0.1) is 0 Å². The maximum Gasteiger partial charge on any atom is 0.249 e. The third-order valence-electron chi connectivity index (χ3n) is 3.76. The SMILES string of the molecule is CCCCCCCCC.NC(=O)c1cccc2ccccc12. The summed E-state index contributed by atoms with van der Waals surface area (Å²) < 4.78 is 0. The van der Waals surface area contributed by atoms with Gasteiger partial charge in [-0.1, -0.05) is 95.2 Å². The van der Waals surface area contributed by atoms with Gasteiger partial charge in [-0.3, -0.25) is 4.79 Å². The fraction of sp³-hybridized carbons (Fsp3) is 0.450. The Bertz CT molecular complexity index is 551. The van der Waals surface area contributed by atoms with Crippen molar-refractivity contribution in [3.05, 3.63) is 48.0 Å². The molecular weight excluding hydrogens is 270 g/mol. The minimum atomic E-state index is -0.378. The van der Waals surface area contributed by atoms with E-state index in [9.17, 15) is 4.79 Å². The number of hydrogen-bond acceptors (Lipinski definition) is 1. The summed E-state index contributed by atoms with van der Waals surface area (Å²) in [5, 5.41) is 1.95. The number of rotatable bonds is 7. The summed E-state index contributed by atoms with van der Waals surface area (Å²) in [5.74, 6) is -0.378. The summed E-state index contributed by atoms with van der Waals surface area (Å²) in [5.41, 5.74) is 5.82. The van der Waals surface area contributed by atoms with Crippen molar-refractivity contribution in [2.45, 2.75) is 58.8 Å². The highest BCUT2D eigenvalue weighted by Crippen LogP contribution is 2.17. The van der Waals surface area contributed by atoms with Crippen molar-refractivity contribution >= 4 is 16.7 Å². The first-order valence-electron chi connectivity index (χ1n) is 8.48. The number of unbranched alkanes of at least 4 members (excludes halogenated alkanes) is 6. The van der Waals surface area contributed by atoms with Gasteiger partial charge in [-0.25, -0.2) is 0 Å². The van der Waals surface area contributed by atoms with Crippen LogP contribution in [0, 0.1) is 0 Å². The highest BCUT2D eigenvalue weighted by molar-refractivity contribution is 6.06. The van der Waals surface area contributed by atoms with Crippen LogP contribution in [-0.4, -0.2) is 5.91 Å². The lowest BCUT2D eigenvalue weighted by Gasteiger charge is -2.01. The van der Waals surface area contributed by atoms with E-state index >= 15 is 0 Å². The molecule has 2 aromatic rings. The molecule has 0 saturated carbocycles.